The monoisotopic (exact) mass is 310 g/mol. The SMILES string of the molecule is COc1cccc(C2CCCN2C(=O)Nc2ccc(C)cc2)c1. The van der Waals surface area contributed by atoms with Crippen LogP contribution in [0.25, 0.3) is 0 Å². The van der Waals surface area contributed by atoms with Crippen molar-refractivity contribution in [3.05, 3.63) is 59.7 Å². The van der Waals surface area contributed by atoms with Gasteiger partial charge in [-0.05, 0) is 49.6 Å². The summed E-state index contributed by atoms with van der Waals surface area (Å²) >= 11 is 0. The first-order chi connectivity index (χ1) is 11.2. The topological polar surface area (TPSA) is 41.6 Å². The van der Waals surface area contributed by atoms with Gasteiger partial charge in [0.25, 0.3) is 0 Å². The molecule has 0 spiro atoms. The first kappa shape index (κ1) is 15.4. The summed E-state index contributed by atoms with van der Waals surface area (Å²) in [6, 6.07) is 15.9. The van der Waals surface area contributed by atoms with E-state index in [2.05, 4.69) is 11.4 Å². The van der Waals surface area contributed by atoms with Crippen LogP contribution < -0.4 is 10.1 Å². The molecule has 1 N–H and O–H groups in total. The fraction of sp³-hybridized carbons (Fsp3) is 0.316. The lowest BCUT2D eigenvalue weighted by atomic mass is 10.0. The maximum atomic E-state index is 12.6. The van der Waals surface area contributed by atoms with Gasteiger partial charge in [-0.25, -0.2) is 4.79 Å². The highest BCUT2D eigenvalue weighted by Crippen LogP contribution is 2.33. The summed E-state index contributed by atoms with van der Waals surface area (Å²) in [5.41, 5.74) is 3.14. The number of amides is 2. The highest BCUT2D eigenvalue weighted by atomic mass is 16.5. The number of nitrogens with one attached hydrogen (secondary N) is 1. The van der Waals surface area contributed by atoms with Crippen LogP contribution in [0.4, 0.5) is 10.5 Å². The maximum absolute atomic E-state index is 12.6. The molecule has 1 aliphatic rings. The van der Waals surface area contributed by atoms with Crippen molar-refractivity contribution in [2.24, 2.45) is 0 Å². The standard InChI is InChI=1S/C19H22N2O2/c1-14-8-10-16(11-9-14)20-19(22)21-12-4-7-18(21)15-5-3-6-17(13-15)23-2/h3,5-6,8-11,13,18H,4,7,12H2,1-2H3,(H,20,22). The number of ether oxygens (including phenoxy) is 1. The molecular weight excluding hydrogens is 288 g/mol. The van der Waals surface area contributed by atoms with Crippen molar-refractivity contribution in [3.8, 4) is 5.75 Å². The molecule has 0 bridgehead atoms. The summed E-state index contributed by atoms with van der Waals surface area (Å²) in [4.78, 5) is 14.5. The zero-order valence-electron chi connectivity index (χ0n) is 13.6. The van der Waals surface area contributed by atoms with Crippen molar-refractivity contribution in [2.45, 2.75) is 25.8 Å². The van der Waals surface area contributed by atoms with Gasteiger partial charge in [-0.2, -0.15) is 0 Å². The molecule has 1 saturated heterocycles. The van der Waals surface area contributed by atoms with Crippen molar-refractivity contribution in [1.29, 1.82) is 0 Å². The molecule has 1 fully saturated rings. The number of rotatable bonds is 3. The van der Waals surface area contributed by atoms with Crippen LogP contribution in [0.1, 0.15) is 30.0 Å². The fourth-order valence-electron chi connectivity index (χ4n) is 3.04. The van der Waals surface area contributed by atoms with Crippen molar-refractivity contribution in [2.75, 3.05) is 19.0 Å². The highest BCUT2D eigenvalue weighted by Gasteiger charge is 2.30. The Bertz CT molecular complexity index is 682. The average molecular weight is 310 g/mol. The number of hydrogen-bond donors (Lipinski definition) is 1. The quantitative estimate of drug-likeness (QED) is 0.914. The van der Waals surface area contributed by atoms with Crippen LogP contribution in [-0.2, 0) is 0 Å². The lowest BCUT2D eigenvalue weighted by Gasteiger charge is -2.25. The summed E-state index contributed by atoms with van der Waals surface area (Å²) in [6.45, 7) is 2.81. The zero-order valence-corrected chi connectivity index (χ0v) is 13.6. The van der Waals surface area contributed by atoms with E-state index in [1.807, 2.05) is 54.3 Å². The lowest BCUT2D eigenvalue weighted by Crippen LogP contribution is -2.34. The molecule has 4 heteroatoms. The molecule has 4 nitrogen and oxygen atoms in total. The van der Waals surface area contributed by atoms with Gasteiger partial charge in [0, 0.05) is 12.2 Å². The predicted octanol–water partition coefficient (Wildman–Crippen LogP) is 4.37. The Labute approximate surface area is 137 Å². The molecule has 3 rings (SSSR count). The Balaban J connectivity index is 1.75. The third kappa shape index (κ3) is 3.47. The van der Waals surface area contributed by atoms with Crippen LogP contribution in [0.5, 0.6) is 5.75 Å². The minimum Gasteiger partial charge on any atom is -0.497 e. The van der Waals surface area contributed by atoms with Crippen LogP contribution >= 0.6 is 0 Å². The summed E-state index contributed by atoms with van der Waals surface area (Å²) in [7, 11) is 1.66. The smallest absolute Gasteiger partial charge is 0.322 e. The number of aryl methyl sites for hydroxylation is 1. The van der Waals surface area contributed by atoms with E-state index >= 15 is 0 Å². The number of anilines is 1. The van der Waals surface area contributed by atoms with Crippen molar-refractivity contribution in [1.82, 2.24) is 4.90 Å². The van der Waals surface area contributed by atoms with E-state index in [0.29, 0.717) is 0 Å². The van der Waals surface area contributed by atoms with Crippen LogP contribution in [0, 0.1) is 6.92 Å². The fourth-order valence-corrected chi connectivity index (χ4v) is 3.04. The molecular formula is C19H22N2O2. The molecule has 1 unspecified atom stereocenters. The number of urea groups is 1. The van der Waals surface area contributed by atoms with Gasteiger partial charge < -0.3 is 15.0 Å². The second-order valence-corrected chi connectivity index (χ2v) is 5.92. The van der Waals surface area contributed by atoms with Crippen LogP contribution in [0.15, 0.2) is 48.5 Å². The van der Waals surface area contributed by atoms with E-state index in [1.54, 1.807) is 7.11 Å². The highest BCUT2D eigenvalue weighted by molar-refractivity contribution is 5.89. The predicted molar refractivity (Wildman–Crippen MR) is 91.9 cm³/mol. The van der Waals surface area contributed by atoms with E-state index in [4.69, 9.17) is 4.74 Å². The minimum atomic E-state index is -0.0424. The van der Waals surface area contributed by atoms with Gasteiger partial charge in [0.2, 0.25) is 0 Å². The Morgan fingerprint density at radius 2 is 2.00 bits per heavy atom. The Hall–Kier alpha value is -2.49. The molecule has 0 aromatic heterocycles. The Kier molecular flexibility index (Phi) is 4.51. The Morgan fingerprint density at radius 1 is 1.22 bits per heavy atom. The van der Waals surface area contributed by atoms with Gasteiger partial charge in [0.05, 0.1) is 13.2 Å². The number of hydrogen-bond acceptors (Lipinski definition) is 2. The number of nitrogens with zero attached hydrogens (tertiary/aromatic N) is 1. The molecule has 2 amide bonds. The van der Waals surface area contributed by atoms with Gasteiger partial charge in [0.1, 0.15) is 5.75 Å². The second-order valence-electron chi connectivity index (χ2n) is 5.92. The molecule has 0 aliphatic carbocycles. The van der Waals surface area contributed by atoms with Crippen LogP contribution in [0.2, 0.25) is 0 Å². The third-order valence-corrected chi connectivity index (χ3v) is 4.30. The van der Waals surface area contributed by atoms with E-state index in [-0.39, 0.29) is 12.1 Å². The molecule has 1 heterocycles. The van der Waals surface area contributed by atoms with E-state index in [1.165, 1.54) is 5.56 Å². The first-order valence-electron chi connectivity index (χ1n) is 7.95. The number of benzene rings is 2. The van der Waals surface area contributed by atoms with Gasteiger partial charge in [-0.15, -0.1) is 0 Å². The van der Waals surface area contributed by atoms with Crippen molar-refractivity contribution >= 4 is 11.7 Å². The van der Waals surface area contributed by atoms with E-state index in [0.717, 1.165) is 36.4 Å². The zero-order chi connectivity index (χ0) is 16.2. The average Bonchev–Trinajstić information content (AvgIpc) is 3.07. The van der Waals surface area contributed by atoms with Crippen LogP contribution in [0.3, 0.4) is 0 Å². The summed E-state index contributed by atoms with van der Waals surface area (Å²) in [6.07, 6.45) is 2.00. The molecule has 1 atom stereocenters. The summed E-state index contributed by atoms with van der Waals surface area (Å²) in [5.74, 6) is 0.827. The molecule has 2 aromatic rings. The third-order valence-electron chi connectivity index (χ3n) is 4.30. The van der Waals surface area contributed by atoms with E-state index < -0.39 is 0 Å². The maximum Gasteiger partial charge on any atom is 0.322 e. The molecule has 0 radical (unpaired) electrons. The van der Waals surface area contributed by atoms with Gasteiger partial charge in [0.15, 0.2) is 0 Å². The molecule has 120 valence electrons. The van der Waals surface area contributed by atoms with Crippen LogP contribution in [-0.4, -0.2) is 24.6 Å². The van der Waals surface area contributed by atoms with Crippen molar-refractivity contribution < 1.29 is 9.53 Å². The number of carbonyl (C=O) groups excluding carboxylic acids is 1. The normalized spacial score (nSPS) is 17.1. The molecule has 1 aliphatic heterocycles. The Morgan fingerprint density at radius 3 is 2.74 bits per heavy atom. The molecule has 2 aromatic carbocycles. The van der Waals surface area contributed by atoms with E-state index in [9.17, 15) is 4.79 Å². The molecule has 0 saturated carbocycles. The minimum absolute atomic E-state index is 0.0424. The lowest BCUT2D eigenvalue weighted by molar-refractivity contribution is 0.207. The number of likely N-dealkylation sites (tertiary alicyclic amines) is 1. The van der Waals surface area contributed by atoms with Gasteiger partial charge in [-0.3, -0.25) is 0 Å². The molecule has 23 heavy (non-hydrogen) atoms. The largest absolute Gasteiger partial charge is 0.497 e. The van der Waals surface area contributed by atoms with Gasteiger partial charge in [-0.1, -0.05) is 29.8 Å². The first-order valence-corrected chi connectivity index (χ1v) is 7.95. The summed E-state index contributed by atoms with van der Waals surface area (Å²) in [5, 5.41) is 3.00. The number of methoxy groups -OCH3 is 1. The number of carbonyl (C=O) groups is 1. The van der Waals surface area contributed by atoms with Crippen molar-refractivity contribution in [3.63, 3.8) is 0 Å². The van der Waals surface area contributed by atoms with Gasteiger partial charge >= 0.3 is 6.03 Å². The second kappa shape index (κ2) is 6.73. The summed E-state index contributed by atoms with van der Waals surface area (Å²) < 4.78 is 5.30.